The Morgan fingerprint density at radius 2 is 1.79 bits per heavy atom. The van der Waals surface area contributed by atoms with Gasteiger partial charge in [-0.15, -0.1) is 0 Å². The van der Waals surface area contributed by atoms with Crippen molar-refractivity contribution in [2.24, 2.45) is 23.7 Å². The van der Waals surface area contributed by atoms with Crippen molar-refractivity contribution < 1.29 is 13.9 Å². The molecule has 1 unspecified atom stereocenters. The standard InChI is InChI=1S/C21H33FO2/c1-2-3-17-14-23-21(24-15-17)13-6-16-4-7-18(8-5-16)19-9-11-20(22)12-10-19/h2-3,11,16-19,21H,4-10,12-15H2,1H3. The van der Waals surface area contributed by atoms with Gasteiger partial charge >= 0.3 is 0 Å². The summed E-state index contributed by atoms with van der Waals surface area (Å²) in [7, 11) is 0. The third kappa shape index (κ3) is 5.16. The van der Waals surface area contributed by atoms with Gasteiger partial charge in [0.1, 0.15) is 0 Å². The second-order valence-electron chi connectivity index (χ2n) is 7.93. The van der Waals surface area contributed by atoms with E-state index in [1.54, 1.807) is 0 Å². The Morgan fingerprint density at radius 1 is 1.04 bits per heavy atom. The summed E-state index contributed by atoms with van der Waals surface area (Å²) in [6, 6.07) is 0. The van der Waals surface area contributed by atoms with Crippen molar-refractivity contribution in [3.05, 3.63) is 24.1 Å². The molecule has 0 aromatic heterocycles. The smallest absolute Gasteiger partial charge is 0.157 e. The molecule has 3 rings (SSSR count). The molecule has 0 aromatic rings. The first-order chi connectivity index (χ1) is 11.7. The van der Waals surface area contributed by atoms with E-state index < -0.39 is 0 Å². The molecule has 1 saturated carbocycles. The van der Waals surface area contributed by atoms with Crippen molar-refractivity contribution in [1.82, 2.24) is 0 Å². The fourth-order valence-corrected chi connectivity index (χ4v) is 4.68. The molecule has 1 aliphatic heterocycles. The normalized spacial score (nSPS) is 38.2. The van der Waals surface area contributed by atoms with Gasteiger partial charge in [-0.2, -0.15) is 0 Å². The zero-order valence-corrected chi connectivity index (χ0v) is 15.1. The van der Waals surface area contributed by atoms with Crippen LogP contribution in [0.3, 0.4) is 0 Å². The van der Waals surface area contributed by atoms with Gasteiger partial charge in [-0.05, 0) is 69.6 Å². The first-order valence-electron chi connectivity index (χ1n) is 9.95. The van der Waals surface area contributed by atoms with Gasteiger partial charge in [0.15, 0.2) is 6.29 Å². The number of hydrogen-bond acceptors (Lipinski definition) is 2. The van der Waals surface area contributed by atoms with Crippen LogP contribution < -0.4 is 0 Å². The first-order valence-corrected chi connectivity index (χ1v) is 9.95. The third-order valence-corrected chi connectivity index (χ3v) is 6.22. The van der Waals surface area contributed by atoms with Crippen molar-refractivity contribution in [3.63, 3.8) is 0 Å². The van der Waals surface area contributed by atoms with E-state index in [4.69, 9.17) is 9.47 Å². The van der Waals surface area contributed by atoms with E-state index in [1.807, 2.05) is 13.0 Å². The maximum atomic E-state index is 13.2. The van der Waals surface area contributed by atoms with Gasteiger partial charge in [0.05, 0.1) is 19.0 Å². The van der Waals surface area contributed by atoms with Crippen LogP contribution in [0.5, 0.6) is 0 Å². The zero-order valence-electron chi connectivity index (χ0n) is 15.1. The summed E-state index contributed by atoms with van der Waals surface area (Å²) in [5.41, 5.74) is 0. The summed E-state index contributed by atoms with van der Waals surface area (Å²) in [5, 5.41) is 0. The van der Waals surface area contributed by atoms with E-state index in [1.165, 1.54) is 32.1 Å². The fraction of sp³-hybridized carbons (Fsp3) is 0.810. The maximum Gasteiger partial charge on any atom is 0.157 e. The van der Waals surface area contributed by atoms with E-state index in [0.717, 1.165) is 50.2 Å². The lowest BCUT2D eigenvalue weighted by Crippen LogP contribution is -2.31. The molecule has 0 N–H and O–H groups in total. The summed E-state index contributed by atoms with van der Waals surface area (Å²) in [4.78, 5) is 0. The minimum absolute atomic E-state index is 0.00989. The molecular weight excluding hydrogens is 303 g/mol. The predicted octanol–water partition coefficient (Wildman–Crippen LogP) is 5.79. The lowest BCUT2D eigenvalue weighted by molar-refractivity contribution is -0.197. The molecule has 24 heavy (non-hydrogen) atoms. The highest BCUT2D eigenvalue weighted by Gasteiger charge is 2.29. The van der Waals surface area contributed by atoms with Crippen LogP contribution in [0.25, 0.3) is 0 Å². The first kappa shape index (κ1) is 18.1. The average Bonchev–Trinajstić information content (AvgIpc) is 2.63. The average molecular weight is 336 g/mol. The highest BCUT2D eigenvalue weighted by molar-refractivity contribution is 4.99. The molecule has 3 heteroatoms. The molecule has 1 heterocycles. The number of rotatable bonds is 5. The van der Waals surface area contributed by atoms with Gasteiger partial charge in [-0.1, -0.05) is 31.1 Å². The largest absolute Gasteiger partial charge is 0.352 e. The van der Waals surface area contributed by atoms with Gasteiger partial charge in [0.2, 0.25) is 0 Å². The van der Waals surface area contributed by atoms with E-state index in [0.29, 0.717) is 12.3 Å². The lowest BCUT2D eigenvalue weighted by atomic mass is 9.71. The predicted molar refractivity (Wildman–Crippen MR) is 95.2 cm³/mol. The van der Waals surface area contributed by atoms with Crippen LogP contribution in [-0.4, -0.2) is 19.5 Å². The number of allylic oxidation sites excluding steroid dienone is 3. The Balaban J connectivity index is 1.32. The minimum Gasteiger partial charge on any atom is -0.352 e. The molecular formula is C21H33FO2. The summed E-state index contributed by atoms with van der Waals surface area (Å²) in [5.74, 6) is 2.94. The van der Waals surface area contributed by atoms with Crippen LogP contribution in [0.15, 0.2) is 24.1 Å². The second-order valence-corrected chi connectivity index (χ2v) is 7.93. The van der Waals surface area contributed by atoms with E-state index >= 15 is 0 Å². The molecule has 2 fully saturated rings. The van der Waals surface area contributed by atoms with Crippen LogP contribution in [0, 0.1) is 23.7 Å². The molecule has 2 nitrogen and oxygen atoms in total. The highest BCUT2D eigenvalue weighted by atomic mass is 19.1. The number of halogens is 1. The van der Waals surface area contributed by atoms with Gasteiger partial charge < -0.3 is 9.47 Å². The van der Waals surface area contributed by atoms with Gasteiger partial charge in [0, 0.05) is 5.92 Å². The monoisotopic (exact) mass is 336 g/mol. The Kier molecular flexibility index (Phi) is 6.91. The van der Waals surface area contributed by atoms with Gasteiger partial charge in [0.25, 0.3) is 0 Å². The van der Waals surface area contributed by atoms with Crippen molar-refractivity contribution >= 4 is 0 Å². The number of ether oxygens (including phenoxy) is 2. The summed E-state index contributed by atoms with van der Waals surface area (Å²) >= 11 is 0. The molecule has 136 valence electrons. The minimum atomic E-state index is 0.00989. The SMILES string of the molecule is CC=CC1COC(CCC2CCC(C3CC=C(F)CC3)CC2)OC1. The molecule has 0 spiro atoms. The Bertz CT molecular complexity index is 429. The molecule has 2 aliphatic carbocycles. The highest BCUT2D eigenvalue weighted by Crippen LogP contribution is 2.41. The molecule has 0 aromatic carbocycles. The topological polar surface area (TPSA) is 18.5 Å². The molecule has 3 aliphatic rings. The summed E-state index contributed by atoms with van der Waals surface area (Å²) < 4.78 is 24.9. The van der Waals surface area contributed by atoms with Crippen LogP contribution >= 0.6 is 0 Å². The van der Waals surface area contributed by atoms with Crippen molar-refractivity contribution in [3.8, 4) is 0 Å². The van der Waals surface area contributed by atoms with Crippen LogP contribution in [0.4, 0.5) is 4.39 Å². The van der Waals surface area contributed by atoms with Gasteiger partial charge in [-0.3, -0.25) is 0 Å². The second kappa shape index (κ2) is 9.15. The molecule has 0 amide bonds. The molecule has 0 bridgehead atoms. The Morgan fingerprint density at radius 3 is 2.42 bits per heavy atom. The van der Waals surface area contributed by atoms with Crippen molar-refractivity contribution in [1.29, 1.82) is 0 Å². The van der Waals surface area contributed by atoms with Crippen molar-refractivity contribution in [2.45, 2.75) is 71.0 Å². The zero-order chi connectivity index (χ0) is 16.8. The number of hydrogen-bond donors (Lipinski definition) is 0. The Labute approximate surface area is 146 Å². The third-order valence-electron chi connectivity index (χ3n) is 6.22. The molecule has 1 atom stereocenters. The van der Waals surface area contributed by atoms with E-state index in [2.05, 4.69) is 12.2 Å². The quantitative estimate of drug-likeness (QED) is 0.591. The Hall–Kier alpha value is -0.670. The molecule has 0 radical (unpaired) electrons. The van der Waals surface area contributed by atoms with Gasteiger partial charge in [-0.25, -0.2) is 4.39 Å². The van der Waals surface area contributed by atoms with Crippen LogP contribution in [0.1, 0.15) is 64.7 Å². The van der Waals surface area contributed by atoms with Crippen LogP contribution in [-0.2, 0) is 9.47 Å². The van der Waals surface area contributed by atoms with E-state index in [-0.39, 0.29) is 12.1 Å². The summed E-state index contributed by atoms with van der Waals surface area (Å²) in [6.07, 6.45) is 16.4. The fourth-order valence-electron chi connectivity index (χ4n) is 4.68. The molecule has 1 saturated heterocycles. The summed E-state index contributed by atoms with van der Waals surface area (Å²) in [6.45, 7) is 3.64. The lowest BCUT2D eigenvalue weighted by Gasteiger charge is -2.35. The van der Waals surface area contributed by atoms with Crippen LogP contribution in [0.2, 0.25) is 0 Å². The van der Waals surface area contributed by atoms with Crippen molar-refractivity contribution in [2.75, 3.05) is 13.2 Å². The maximum absolute atomic E-state index is 13.2. The van der Waals surface area contributed by atoms with E-state index in [9.17, 15) is 4.39 Å².